The predicted molar refractivity (Wildman–Crippen MR) is 72.4 cm³/mol. The average Bonchev–Trinajstić information content (AvgIpc) is 2.70. The summed E-state index contributed by atoms with van der Waals surface area (Å²) in [4.78, 5) is 12.7. The molecule has 2 nitrogen and oxygen atoms in total. The lowest BCUT2D eigenvalue weighted by molar-refractivity contribution is -0.346. The van der Waals surface area contributed by atoms with Crippen molar-refractivity contribution in [1.29, 1.82) is 0 Å². The number of carbonyl (C=O) groups excluding carboxylic acids is 1. The summed E-state index contributed by atoms with van der Waals surface area (Å²) in [5, 5.41) is 0. The first-order valence-electron chi connectivity index (χ1n) is 6.93. The lowest BCUT2D eigenvalue weighted by Crippen LogP contribution is -2.57. The molecule has 24 heavy (non-hydrogen) atoms. The van der Waals surface area contributed by atoms with E-state index in [4.69, 9.17) is 0 Å². The number of hydrogen-bond acceptors (Lipinski definition) is 1. The van der Waals surface area contributed by atoms with E-state index in [1.165, 1.54) is 24.3 Å². The minimum Gasteiger partial charge on any atom is -0.311 e. The lowest BCUT2D eigenvalue weighted by Gasteiger charge is -2.37. The van der Waals surface area contributed by atoms with Gasteiger partial charge in [-0.1, -0.05) is 25.1 Å². The molecule has 0 unspecified atom stereocenters. The molecule has 0 fully saturated rings. The van der Waals surface area contributed by atoms with E-state index in [1.807, 2.05) is 0 Å². The molecule has 1 aromatic carbocycles. The number of amides is 1. The third-order valence-electron chi connectivity index (χ3n) is 4.26. The van der Waals surface area contributed by atoms with Crippen LogP contribution in [0.1, 0.15) is 25.8 Å². The van der Waals surface area contributed by atoms with Crippen LogP contribution < -0.4 is 4.90 Å². The van der Waals surface area contributed by atoms with Crippen LogP contribution >= 0.6 is 0 Å². The number of carbonyl (C=O) groups is 1. The molecule has 1 aliphatic heterocycles. The van der Waals surface area contributed by atoms with Crippen molar-refractivity contribution in [1.82, 2.24) is 0 Å². The fourth-order valence-corrected chi connectivity index (χ4v) is 3.07. The Bertz CT molecular complexity index is 638. The second-order valence-corrected chi connectivity index (χ2v) is 6.16. The first-order valence-corrected chi connectivity index (χ1v) is 6.93. The number of rotatable bonds is 2. The molecule has 9 heteroatoms. The highest BCUT2D eigenvalue weighted by Gasteiger charge is 2.74. The molecule has 1 amide bonds. The monoisotopic (exact) mass is 357 g/mol. The molecule has 0 saturated heterocycles. The van der Waals surface area contributed by atoms with E-state index in [0.29, 0.717) is 0 Å². The van der Waals surface area contributed by atoms with Crippen molar-refractivity contribution in [2.24, 2.45) is 0 Å². The second-order valence-electron chi connectivity index (χ2n) is 6.16. The highest BCUT2D eigenvalue weighted by molar-refractivity contribution is 5.94. The summed E-state index contributed by atoms with van der Waals surface area (Å²) in [7, 11) is 0. The number of nitrogens with zero attached hydrogens (tertiary/aromatic N) is 1. The van der Waals surface area contributed by atoms with E-state index >= 15 is 0 Å². The van der Waals surface area contributed by atoms with Crippen molar-refractivity contribution in [2.75, 3.05) is 11.4 Å². The van der Waals surface area contributed by atoms with Gasteiger partial charge in [-0.25, -0.2) is 4.39 Å². The van der Waals surface area contributed by atoms with Crippen LogP contribution in [0.3, 0.4) is 0 Å². The molecular weight excluding hydrogens is 343 g/mol. The zero-order chi connectivity index (χ0) is 18.6. The first kappa shape index (κ1) is 18.5. The van der Waals surface area contributed by atoms with E-state index < -0.39 is 42.3 Å². The molecule has 1 aromatic rings. The van der Waals surface area contributed by atoms with Crippen LogP contribution in [0, 0.1) is 0 Å². The fourth-order valence-electron chi connectivity index (χ4n) is 3.07. The third kappa shape index (κ3) is 2.73. The van der Waals surface area contributed by atoms with Crippen molar-refractivity contribution < 1.29 is 35.5 Å². The quantitative estimate of drug-likeness (QED) is 0.712. The molecule has 0 aromatic heterocycles. The van der Waals surface area contributed by atoms with Crippen LogP contribution in [-0.2, 0) is 10.2 Å². The smallest absolute Gasteiger partial charge is 0.311 e. The van der Waals surface area contributed by atoms with Crippen LogP contribution in [-0.4, -0.2) is 30.5 Å². The summed E-state index contributed by atoms with van der Waals surface area (Å²) in [6.07, 6.45) is -14.1. The van der Waals surface area contributed by atoms with Crippen molar-refractivity contribution >= 4 is 11.6 Å². The molecule has 1 heterocycles. The summed E-state index contributed by atoms with van der Waals surface area (Å²) >= 11 is 0. The SMILES string of the molecule is CC(=O)N1C[C@](C)(CC(F)(C(F)(F)F)C(F)(F)F)c2ccccc21. The molecule has 0 spiro atoms. The van der Waals surface area contributed by atoms with Crippen molar-refractivity contribution in [3.05, 3.63) is 29.8 Å². The number of para-hydroxylation sites is 1. The Morgan fingerprint density at radius 2 is 1.58 bits per heavy atom. The first-order chi connectivity index (χ1) is 10.7. The van der Waals surface area contributed by atoms with Crippen molar-refractivity contribution in [3.63, 3.8) is 0 Å². The molecule has 1 aliphatic rings. The maximum Gasteiger partial charge on any atom is 0.431 e. The summed E-state index contributed by atoms with van der Waals surface area (Å²) in [6.45, 7) is 1.78. The van der Waals surface area contributed by atoms with Crippen LogP contribution in [0.5, 0.6) is 0 Å². The summed E-state index contributed by atoms with van der Waals surface area (Å²) < 4.78 is 91.5. The van der Waals surface area contributed by atoms with E-state index in [2.05, 4.69) is 0 Å². The van der Waals surface area contributed by atoms with Gasteiger partial charge >= 0.3 is 12.4 Å². The Kier molecular flexibility index (Phi) is 4.13. The number of fused-ring (bicyclic) bond motifs is 1. The Labute approximate surface area is 133 Å². The normalized spacial score (nSPS) is 21.8. The Balaban J connectivity index is 2.54. The van der Waals surface area contributed by atoms with Crippen LogP contribution in [0.4, 0.5) is 36.4 Å². The average molecular weight is 357 g/mol. The molecule has 134 valence electrons. The Hall–Kier alpha value is -1.80. The van der Waals surface area contributed by atoms with Gasteiger partial charge < -0.3 is 4.90 Å². The minimum atomic E-state index is -6.12. The zero-order valence-corrected chi connectivity index (χ0v) is 12.7. The summed E-state index contributed by atoms with van der Waals surface area (Å²) in [5.74, 6) is -0.547. The second kappa shape index (κ2) is 5.35. The highest BCUT2D eigenvalue weighted by Crippen LogP contribution is 2.55. The molecule has 1 atom stereocenters. The predicted octanol–water partition coefficient (Wildman–Crippen LogP) is 4.53. The lowest BCUT2D eigenvalue weighted by atomic mass is 9.75. The van der Waals surface area contributed by atoms with E-state index in [0.717, 1.165) is 18.7 Å². The number of halogens is 7. The Morgan fingerprint density at radius 3 is 2.04 bits per heavy atom. The summed E-state index contributed by atoms with van der Waals surface area (Å²) in [6, 6.07) is 5.63. The van der Waals surface area contributed by atoms with Gasteiger partial charge in [0.1, 0.15) is 0 Å². The van der Waals surface area contributed by atoms with E-state index in [1.54, 1.807) is 0 Å². The van der Waals surface area contributed by atoms with Gasteiger partial charge in [0.25, 0.3) is 5.67 Å². The van der Waals surface area contributed by atoms with Crippen molar-refractivity contribution in [3.8, 4) is 0 Å². The van der Waals surface area contributed by atoms with Gasteiger partial charge in [0.15, 0.2) is 0 Å². The van der Waals surface area contributed by atoms with E-state index in [-0.39, 0.29) is 11.3 Å². The standard InChI is InChI=1S/C15H14F7NO/c1-9(24)23-8-12(2,10-5-3-4-6-11(10)23)7-13(16,14(17,18)19)15(20,21)22/h3-6H,7-8H2,1-2H3/t12-/m0/s1. The van der Waals surface area contributed by atoms with Crippen molar-refractivity contribution in [2.45, 2.75) is 43.7 Å². The molecule has 0 N–H and O–H groups in total. The molecule has 0 bridgehead atoms. The number of anilines is 1. The van der Waals surface area contributed by atoms with Crippen LogP contribution in [0.25, 0.3) is 0 Å². The molecular formula is C15H14F7NO. The van der Waals surface area contributed by atoms with Gasteiger partial charge in [-0.15, -0.1) is 0 Å². The van der Waals surface area contributed by atoms with Crippen LogP contribution in [0.15, 0.2) is 24.3 Å². The molecule has 0 saturated carbocycles. The van der Waals surface area contributed by atoms with Gasteiger partial charge in [-0.05, 0) is 11.6 Å². The molecule has 0 radical (unpaired) electrons. The maximum absolute atomic E-state index is 14.2. The number of hydrogen-bond donors (Lipinski definition) is 0. The zero-order valence-electron chi connectivity index (χ0n) is 12.7. The van der Waals surface area contributed by atoms with Crippen LogP contribution in [0.2, 0.25) is 0 Å². The highest BCUT2D eigenvalue weighted by atomic mass is 19.4. The topological polar surface area (TPSA) is 20.3 Å². The summed E-state index contributed by atoms with van der Waals surface area (Å²) in [5.41, 5.74) is -6.92. The minimum absolute atomic E-state index is 0.0794. The fraction of sp³-hybridized carbons (Fsp3) is 0.533. The molecule has 2 rings (SSSR count). The maximum atomic E-state index is 14.2. The van der Waals surface area contributed by atoms with Gasteiger partial charge in [0.2, 0.25) is 5.91 Å². The van der Waals surface area contributed by atoms with E-state index in [9.17, 15) is 35.5 Å². The third-order valence-corrected chi connectivity index (χ3v) is 4.26. The Morgan fingerprint density at radius 1 is 1.08 bits per heavy atom. The van der Waals surface area contributed by atoms with Gasteiger partial charge in [0.05, 0.1) is 0 Å². The van der Waals surface area contributed by atoms with Gasteiger partial charge in [0, 0.05) is 31.0 Å². The number of alkyl halides is 7. The largest absolute Gasteiger partial charge is 0.431 e. The molecule has 0 aliphatic carbocycles. The number of benzene rings is 1. The van der Waals surface area contributed by atoms with Gasteiger partial charge in [-0.2, -0.15) is 26.3 Å². The van der Waals surface area contributed by atoms with Gasteiger partial charge in [-0.3, -0.25) is 4.79 Å².